The van der Waals surface area contributed by atoms with Crippen molar-refractivity contribution in [1.82, 2.24) is 14.9 Å². The maximum absolute atomic E-state index is 13.9. The Morgan fingerprint density at radius 3 is 2.43 bits per heavy atom. The number of rotatable bonds is 9. The summed E-state index contributed by atoms with van der Waals surface area (Å²) in [6, 6.07) is 5.34. The summed E-state index contributed by atoms with van der Waals surface area (Å²) < 4.78 is 69.9. The Kier molecular flexibility index (Phi) is 9.19. The van der Waals surface area contributed by atoms with Gasteiger partial charge in [0.2, 0.25) is 5.88 Å². The van der Waals surface area contributed by atoms with Crippen LogP contribution in [0.15, 0.2) is 42.7 Å². The Labute approximate surface area is 268 Å². The number of fused-ring (bicyclic) bond motifs is 2. The van der Waals surface area contributed by atoms with Crippen molar-refractivity contribution in [3.63, 3.8) is 0 Å². The molecule has 1 saturated heterocycles. The topological polar surface area (TPSA) is 127 Å². The maximum Gasteiger partial charge on any atom is 0.419 e. The normalized spacial score (nSPS) is 22.5. The second-order valence-electron chi connectivity index (χ2n) is 11.8. The average molecular weight is 659 g/mol. The van der Waals surface area contributed by atoms with Crippen molar-refractivity contribution >= 4 is 29.0 Å². The van der Waals surface area contributed by atoms with Crippen LogP contribution in [0.3, 0.4) is 0 Å². The summed E-state index contributed by atoms with van der Waals surface area (Å²) in [7, 11) is 2.74. The molecule has 1 aliphatic heterocycles. The summed E-state index contributed by atoms with van der Waals surface area (Å²) in [5.74, 6) is -1.39. The van der Waals surface area contributed by atoms with E-state index in [4.69, 9.17) is 14.2 Å². The van der Waals surface area contributed by atoms with Crippen molar-refractivity contribution in [2.24, 2.45) is 11.8 Å². The lowest BCUT2D eigenvalue weighted by Gasteiger charge is -2.55. The Hall–Kier alpha value is -4.50. The molecule has 15 heteroatoms. The number of pyridine rings is 2. The highest BCUT2D eigenvalue weighted by Crippen LogP contribution is 2.49. The van der Waals surface area contributed by atoms with E-state index in [1.165, 1.54) is 32.7 Å². The van der Waals surface area contributed by atoms with Gasteiger partial charge >= 0.3 is 6.18 Å². The molecule has 2 unspecified atom stereocenters. The molecule has 3 N–H and O–H groups in total. The highest BCUT2D eigenvalue weighted by Gasteiger charge is 2.48. The van der Waals surface area contributed by atoms with Gasteiger partial charge in [-0.2, -0.15) is 13.2 Å². The van der Waals surface area contributed by atoms with E-state index in [1.54, 1.807) is 6.07 Å². The first kappa shape index (κ1) is 32.4. The molecule has 3 aliphatic carbocycles. The first-order valence-electron chi connectivity index (χ1n) is 15.2. The SMILES string of the molecule is COc1cc(C(=O)Nc2ccc(F)c(C(F)(F)F)c2)c(NC(=O)c2c(OC)ccnc2NC2CC(N3CCOCC3)C3CC2C3)cn1. The fraction of sp³-hybridized carbons (Fsp3) is 0.438. The number of ether oxygens (including phenoxy) is 3. The lowest BCUT2D eigenvalue weighted by molar-refractivity contribution is -0.139. The van der Waals surface area contributed by atoms with Gasteiger partial charge in [0.1, 0.15) is 22.9 Å². The number of halogens is 4. The van der Waals surface area contributed by atoms with Crippen LogP contribution in [0.25, 0.3) is 0 Å². The third kappa shape index (κ3) is 6.81. The molecule has 2 amide bonds. The molecule has 4 fully saturated rings. The molecule has 1 aromatic carbocycles. The van der Waals surface area contributed by atoms with Gasteiger partial charge < -0.3 is 30.2 Å². The molecule has 0 radical (unpaired) electrons. The largest absolute Gasteiger partial charge is 0.496 e. The van der Waals surface area contributed by atoms with Crippen LogP contribution < -0.4 is 25.4 Å². The van der Waals surface area contributed by atoms with Gasteiger partial charge in [0, 0.05) is 43.1 Å². The standard InChI is InChI=1S/C32H34F4N6O5/c1-45-26-5-6-37-29(40-23-15-25(18-11-17(23)12-18)42-7-9-47-10-8-42)28(26)31(44)41-24-16-38-27(46-2)14-20(24)30(43)39-19-3-4-22(33)21(13-19)32(34,35)36/h3-6,13-14,16-18,23,25H,7-12,15H2,1-2H3,(H,37,40)(H,39,43)(H,41,44). The van der Waals surface area contributed by atoms with E-state index >= 15 is 0 Å². The molecule has 2 bridgehead atoms. The van der Waals surface area contributed by atoms with E-state index in [1.807, 2.05) is 0 Å². The molecule has 4 aliphatic rings. The Morgan fingerprint density at radius 2 is 1.72 bits per heavy atom. The number of aromatic nitrogens is 2. The van der Waals surface area contributed by atoms with Gasteiger partial charge in [-0.05, 0) is 55.4 Å². The van der Waals surface area contributed by atoms with E-state index in [0.29, 0.717) is 49.0 Å². The highest BCUT2D eigenvalue weighted by molar-refractivity contribution is 6.14. The minimum absolute atomic E-state index is 0.00970. The van der Waals surface area contributed by atoms with Gasteiger partial charge in [-0.25, -0.2) is 14.4 Å². The highest BCUT2D eigenvalue weighted by atomic mass is 19.4. The Balaban J connectivity index is 1.24. The van der Waals surface area contributed by atoms with E-state index in [2.05, 4.69) is 30.8 Å². The first-order valence-corrected chi connectivity index (χ1v) is 15.2. The third-order valence-corrected chi connectivity index (χ3v) is 9.13. The van der Waals surface area contributed by atoms with Crippen LogP contribution in [0.5, 0.6) is 11.6 Å². The van der Waals surface area contributed by atoms with Gasteiger partial charge in [0.15, 0.2) is 0 Å². The van der Waals surface area contributed by atoms with Crippen molar-refractivity contribution in [2.75, 3.05) is 56.5 Å². The summed E-state index contributed by atoms with van der Waals surface area (Å²) >= 11 is 0. The Morgan fingerprint density at radius 1 is 0.957 bits per heavy atom. The first-order chi connectivity index (χ1) is 22.5. The molecular formula is C32H34F4N6O5. The molecule has 47 heavy (non-hydrogen) atoms. The fourth-order valence-electron chi connectivity index (χ4n) is 6.69. The molecule has 2 aromatic heterocycles. The van der Waals surface area contributed by atoms with Crippen molar-refractivity contribution in [3.05, 3.63) is 65.2 Å². The van der Waals surface area contributed by atoms with Crippen molar-refractivity contribution in [2.45, 2.75) is 37.5 Å². The van der Waals surface area contributed by atoms with E-state index in [0.717, 1.165) is 38.4 Å². The van der Waals surface area contributed by atoms with Crippen molar-refractivity contribution in [3.8, 4) is 11.6 Å². The molecule has 7 rings (SSSR count). The fourth-order valence-corrected chi connectivity index (χ4v) is 6.69. The zero-order valence-electron chi connectivity index (χ0n) is 25.7. The predicted octanol–water partition coefficient (Wildman–Crippen LogP) is 5.07. The summed E-state index contributed by atoms with van der Waals surface area (Å²) in [5, 5.41) is 8.52. The average Bonchev–Trinajstić information content (AvgIpc) is 3.04. The number of alkyl halides is 3. The molecule has 0 spiro atoms. The molecule has 250 valence electrons. The Bertz CT molecular complexity index is 1640. The number of hydrogen-bond acceptors (Lipinski definition) is 9. The van der Waals surface area contributed by atoms with Gasteiger partial charge in [0.25, 0.3) is 11.8 Å². The molecule has 3 heterocycles. The minimum atomic E-state index is -4.97. The number of nitrogens with zero attached hydrogens (tertiary/aromatic N) is 3. The quantitative estimate of drug-likeness (QED) is 0.270. The van der Waals surface area contributed by atoms with Crippen LogP contribution in [0.2, 0.25) is 0 Å². The lowest BCUT2D eigenvalue weighted by atomic mass is 9.60. The summed E-state index contributed by atoms with van der Waals surface area (Å²) in [4.78, 5) is 38.3. The number of carbonyl (C=O) groups excluding carboxylic acids is 2. The van der Waals surface area contributed by atoms with Crippen molar-refractivity contribution in [1.29, 1.82) is 0 Å². The van der Waals surface area contributed by atoms with Gasteiger partial charge in [-0.1, -0.05) is 0 Å². The molecule has 11 nitrogen and oxygen atoms in total. The van der Waals surface area contributed by atoms with Crippen molar-refractivity contribution < 1.29 is 41.4 Å². The second-order valence-corrected chi connectivity index (χ2v) is 11.8. The van der Waals surface area contributed by atoms with Crippen LogP contribution >= 0.6 is 0 Å². The van der Waals surface area contributed by atoms with E-state index in [-0.39, 0.29) is 40.2 Å². The van der Waals surface area contributed by atoms with E-state index in [9.17, 15) is 27.2 Å². The van der Waals surface area contributed by atoms with E-state index < -0.39 is 29.4 Å². The molecule has 3 saturated carbocycles. The number of methoxy groups -OCH3 is 2. The van der Waals surface area contributed by atoms with Gasteiger partial charge in [-0.3, -0.25) is 14.5 Å². The number of amides is 2. The molecule has 3 aromatic rings. The number of hydrogen-bond donors (Lipinski definition) is 3. The lowest BCUT2D eigenvalue weighted by Crippen LogP contribution is -2.59. The smallest absolute Gasteiger partial charge is 0.419 e. The van der Waals surface area contributed by atoms with Crippen LogP contribution in [-0.4, -0.2) is 79.3 Å². The molecule has 2 atom stereocenters. The van der Waals surface area contributed by atoms with Crippen LogP contribution in [0.4, 0.5) is 34.8 Å². The number of nitrogens with one attached hydrogen (secondary N) is 3. The predicted molar refractivity (Wildman–Crippen MR) is 163 cm³/mol. The molecular weight excluding hydrogens is 624 g/mol. The van der Waals surface area contributed by atoms with Crippen LogP contribution in [-0.2, 0) is 10.9 Å². The maximum atomic E-state index is 13.9. The second kappa shape index (κ2) is 13.3. The van der Waals surface area contributed by atoms with Crippen LogP contribution in [0.1, 0.15) is 45.5 Å². The van der Waals surface area contributed by atoms with Gasteiger partial charge in [0.05, 0.1) is 50.4 Å². The zero-order valence-corrected chi connectivity index (χ0v) is 25.7. The van der Waals surface area contributed by atoms with Gasteiger partial charge in [-0.15, -0.1) is 0 Å². The third-order valence-electron chi connectivity index (χ3n) is 9.13. The number of benzene rings is 1. The van der Waals surface area contributed by atoms with Crippen LogP contribution in [0, 0.1) is 17.7 Å². The number of anilines is 3. The minimum Gasteiger partial charge on any atom is -0.496 e. The summed E-state index contributed by atoms with van der Waals surface area (Å²) in [5.41, 5.74) is -1.96. The zero-order chi connectivity index (χ0) is 33.3. The summed E-state index contributed by atoms with van der Waals surface area (Å²) in [6.45, 7) is 3.20. The number of morpholine rings is 1. The summed E-state index contributed by atoms with van der Waals surface area (Å²) in [6.07, 6.45) is 0.812. The monoisotopic (exact) mass is 658 g/mol. The number of carbonyl (C=O) groups is 2.